The van der Waals surface area contributed by atoms with E-state index in [-0.39, 0.29) is 30.8 Å². The first-order chi connectivity index (χ1) is 17.3. The maximum absolute atomic E-state index is 12.8. The highest BCUT2D eigenvalue weighted by atomic mass is 16.4. The summed E-state index contributed by atoms with van der Waals surface area (Å²) in [5, 5.41) is 29.8. The fraction of sp³-hybridized carbons (Fsp3) is 0.615. The summed E-state index contributed by atoms with van der Waals surface area (Å²) in [6.07, 6.45) is 6.74. The SMILES string of the molecule is CC(O)[C@H](NC(=O)[C@H](Cc1ccccc1)NC(=O)CCCCCNC(=O)NC1CCCCC1)C(=O)O. The zero-order chi connectivity index (χ0) is 26.3. The van der Waals surface area contributed by atoms with Gasteiger partial charge in [-0.1, -0.05) is 56.0 Å². The minimum Gasteiger partial charge on any atom is -0.480 e. The number of aliphatic carboxylic acids is 1. The Morgan fingerprint density at radius 1 is 0.972 bits per heavy atom. The Balaban J connectivity index is 1.75. The second-order valence-corrected chi connectivity index (χ2v) is 9.42. The van der Waals surface area contributed by atoms with Crippen molar-refractivity contribution in [2.45, 2.75) is 95.4 Å². The summed E-state index contributed by atoms with van der Waals surface area (Å²) >= 11 is 0. The minimum atomic E-state index is -1.48. The summed E-state index contributed by atoms with van der Waals surface area (Å²) in [5.74, 6) is -2.35. The third-order valence-corrected chi connectivity index (χ3v) is 6.29. The van der Waals surface area contributed by atoms with Gasteiger partial charge in [-0.2, -0.15) is 0 Å². The number of carbonyl (C=O) groups excluding carboxylic acids is 3. The maximum Gasteiger partial charge on any atom is 0.328 e. The molecule has 4 amide bonds. The van der Waals surface area contributed by atoms with Crippen LogP contribution >= 0.6 is 0 Å². The van der Waals surface area contributed by atoms with Crippen LogP contribution in [0.5, 0.6) is 0 Å². The second-order valence-electron chi connectivity index (χ2n) is 9.42. The average molecular weight is 505 g/mol. The molecule has 0 radical (unpaired) electrons. The third-order valence-electron chi connectivity index (χ3n) is 6.29. The molecule has 1 unspecified atom stereocenters. The molecule has 0 bridgehead atoms. The molecule has 0 spiro atoms. The maximum atomic E-state index is 12.8. The van der Waals surface area contributed by atoms with Gasteiger partial charge in [-0.3, -0.25) is 9.59 Å². The van der Waals surface area contributed by atoms with Crippen LogP contribution in [-0.2, 0) is 20.8 Å². The Morgan fingerprint density at radius 3 is 2.31 bits per heavy atom. The van der Waals surface area contributed by atoms with Gasteiger partial charge in [0.2, 0.25) is 11.8 Å². The lowest BCUT2D eigenvalue weighted by atomic mass is 9.96. The Labute approximate surface area is 212 Å². The molecule has 1 aromatic carbocycles. The summed E-state index contributed by atoms with van der Waals surface area (Å²) in [6, 6.07) is 6.74. The number of urea groups is 1. The van der Waals surface area contributed by atoms with E-state index in [2.05, 4.69) is 21.3 Å². The standard InChI is InChI=1S/C26H40N4O6/c1-18(31)23(25(34)35)30-24(33)21(17-19-11-5-2-6-12-19)29-22(32)15-9-4-10-16-27-26(36)28-20-13-7-3-8-14-20/h2,5-6,11-12,18,20-21,23,31H,3-4,7-10,13-17H2,1H3,(H,29,32)(H,30,33)(H,34,35)(H2,27,28,36)/t18?,21-,23-/m0/s1. The van der Waals surface area contributed by atoms with E-state index in [0.717, 1.165) is 44.1 Å². The Morgan fingerprint density at radius 2 is 1.67 bits per heavy atom. The first-order valence-corrected chi connectivity index (χ1v) is 12.8. The monoisotopic (exact) mass is 504 g/mol. The van der Waals surface area contributed by atoms with Crippen molar-refractivity contribution in [1.29, 1.82) is 0 Å². The molecule has 1 aromatic rings. The van der Waals surface area contributed by atoms with Gasteiger partial charge in [-0.15, -0.1) is 0 Å². The molecule has 0 aliphatic heterocycles. The number of carbonyl (C=O) groups is 4. The quantitative estimate of drug-likeness (QED) is 0.212. The van der Waals surface area contributed by atoms with E-state index in [1.165, 1.54) is 13.3 Å². The molecule has 0 heterocycles. The molecule has 1 aliphatic carbocycles. The Kier molecular flexibility index (Phi) is 12.7. The number of nitrogens with one attached hydrogen (secondary N) is 4. The minimum absolute atomic E-state index is 0.147. The van der Waals surface area contributed by atoms with E-state index < -0.39 is 30.1 Å². The van der Waals surface area contributed by atoms with E-state index in [4.69, 9.17) is 0 Å². The van der Waals surface area contributed by atoms with Crippen molar-refractivity contribution < 1.29 is 29.4 Å². The number of unbranched alkanes of at least 4 members (excludes halogenated alkanes) is 2. The number of amides is 4. The van der Waals surface area contributed by atoms with Crippen molar-refractivity contribution in [3.05, 3.63) is 35.9 Å². The van der Waals surface area contributed by atoms with Crippen LogP contribution in [0.25, 0.3) is 0 Å². The van der Waals surface area contributed by atoms with Crippen molar-refractivity contribution in [3.63, 3.8) is 0 Å². The van der Waals surface area contributed by atoms with Gasteiger partial charge in [0.25, 0.3) is 0 Å². The summed E-state index contributed by atoms with van der Waals surface area (Å²) in [7, 11) is 0. The van der Waals surface area contributed by atoms with Crippen molar-refractivity contribution in [2.75, 3.05) is 6.54 Å². The van der Waals surface area contributed by atoms with Crippen molar-refractivity contribution in [1.82, 2.24) is 21.3 Å². The molecule has 1 saturated carbocycles. The lowest BCUT2D eigenvalue weighted by Crippen LogP contribution is -2.55. The number of aliphatic hydroxyl groups is 1. The van der Waals surface area contributed by atoms with Gasteiger partial charge in [0, 0.05) is 25.4 Å². The number of carboxylic acids is 1. The van der Waals surface area contributed by atoms with Crippen molar-refractivity contribution in [2.24, 2.45) is 0 Å². The van der Waals surface area contributed by atoms with Gasteiger partial charge in [0.05, 0.1) is 6.10 Å². The molecule has 200 valence electrons. The first kappa shape index (κ1) is 29.1. The van der Waals surface area contributed by atoms with E-state index in [1.807, 2.05) is 30.3 Å². The van der Waals surface area contributed by atoms with E-state index in [0.29, 0.717) is 13.0 Å². The van der Waals surface area contributed by atoms with Gasteiger partial charge in [-0.05, 0) is 38.2 Å². The Bertz CT molecular complexity index is 842. The smallest absolute Gasteiger partial charge is 0.328 e. The van der Waals surface area contributed by atoms with Gasteiger partial charge in [0.1, 0.15) is 6.04 Å². The number of rotatable bonds is 14. The number of carboxylic acid groups (broad SMARTS) is 1. The van der Waals surface area contributed by atoms with E-state index in [1.54, 1.807) is 0 Å². The lowest BCUT2D eigenvalue weighted by Gasteiger charge is -2.23. The average Bonchev–Trinajstić information content (AvgIpc) is 2.85. The largest absolute Gasteiger partial charge is 0.480 e. The normalized spacial score (nSPS) is 16.3. The van der Waals surface area contributed by atoms with E-state index >= 15 is 0 Å². The number of hydrogen-bond acceptors (Lipinski definition) is 5. The molecule has 1 fully saturated rings. The summed E-state index contributed by atoms with van der Waals surface area (Å²) in [6.45, 7) is 1.80. The summed E-state index contributed by atoms with van der Waals surface area (Å²) in [5.41, 5.74) is 0.805. The molecule has 3 atom stereocenters. The highest BCUT2D eigenvalue weighted by Crippen LogP contribution is 2.17. The van der Waals surface area contributed by atoms with Gasteiger partial charge < -0.3 is 31.5 Å². The van der Waals surface area contributed by atoms with Crippen LogP contribution in [0.15, 0.2) is 30.3 Å². The van der Waals surface area contributed by atoms with Gasteiger partial charge >= 0.3 is 12.0 Å². The molecule has 0 saturated heterocycles. The fourth-order valence-electron chi connectivity index (χ4n) is 4.24. The lowest BCUT2D eigenvalue weighted by molar-refractivity contribution is -0.145. The third kappa shape index (κ3) is 11.1. The van der Waals surface area contributed by atoms with Crippen molar-refractivity contribution in [3.8, 4) is 0 Å². The van der Waals surface area contributed by atoms with Crippen molar-refractivity contribution >= 4 is 23.8 Å². The van der Waals surface area contributed by atoms with Crippen LogP contribution < -0.4 is 21.3 Å². The number of aliphatic hydroxyl groups excluding tert-OH is 1. The predicted molar refractivity (Wildman–Crippen MR) is 135 cm³/mol. The molecule has 10 nitrogen and oxygen atoms in total. The molecule has 0 aromatic heterocycles. The highest BCUT2D eigenvalue weighted by Gasteiger charge is 2.29. The number of benzene rings is 1. The Hall–Kier alpha value is -3.14. The van der Waals surface area contributed by atoms with Crippen LogP contribution in [-0.4, -0.2) is 64.8 Å². The van der Waals surface area contributed by atoms with E-state index in [9.17, 15) is 29.4 Å². The molecule has 36 heavy (non-hydrogen) atoms. The zero-order valence-corrected chi connectivity index (χ0v) is 21.0. The topological polar surface area (TPSA) is 157 Å². The number of hydrogen-bond donors (Lipinski definition) is 6. The van der Waals surface area contributed by atoms with Gasteiger partial charge in [0.15, 0.2) is 6.04 Å². The highest BCUT2D eigenvalue weighted by molar-refractivity contribution is 5.90. The van der Waals surface area contributed by atoms with Gasteiger partial charge in [-0.25, -0.2) is 9.59 Å². The van der Waals surface area contributed by atoms with Crippen LogP contribution in [0.4, 0.5) is 4.79 Å². The second kappa shape index (κ2) is 15.8. The zero-order valence-electron chi connectivity index (χ0n) is 21.0. The molecular formula is C26H40N4O6. The predicted octanol–water partition coefficient (Wildman–Crippen LogP) is 1.86. The van der Waals surface area contributed by atoms with Crippen LogP contribution in [0.3, 0.4) is 0 Å². The fourth-order valence-corrected chi connectivity index (χ4v) is 4.24. The molecule has 6 N–H and O–H groups in total. The molecule has 1 aliphatic rings. The van der Waals surface area contributed by atoms with Crippen LogP contribution in [0.2, 0.25) is 0 Å². The van der Waals surface area contributed by atoms with Crippen LogP contribution in [0, 0.1) is 0 Å². The first-order valence-electron chi connectivity index (χ1n) is 12.8. The molecular weight excluding hydrogens is 464 g/mol. The summed E-state index contributed by atoms with van der Waals surface area (Å²) in [4.78, 5) is 48.6. The molecule has 2 rings (SSSR count). The molecule has 10 heteroatoms. The van der Waals surface area contributed by atoms with Crippen LogP contribution in [0.1, 0.15) is 70.3 Å². The summed E-state index contributed by atoms with van der Waals surface area (Å²) < 4.78 is 0.